The van der Waals surface area contributed by atoms with Crippen LogP contribution in [0, 0.1) is 12.7 Å². The maximum Gasteiger partial charge on any atom is 0.267 e. The van der Waals surface area contributed by atoms with Gasteiger partial charge in [0, 0.05) is 18.0 Å². The van der Waals surface area contributed by atoms with Gasteiger partial charge in [-0.2, -0.15) is 0 Å². The summed E-state index contributed by atoms with van der Waals surface area (Å²) in [4.78, 5) is -0.413. The smallest absolute Gasteiger partial charge is 0.247 e. The summed E-state index contributed by atoms with van der Waals surface area (Å²) in [6, 6.07) is 11.3. The molecule has 0 unspecified atom stereocenters. The zero-order valence-corrected chi connectivity index (χ0v) is 15.3. The van der Waals surface area contributed by atoms with E-state index in [9.17, 15) is 21.2 Å². The van der Waals surface area contributed by atoms with Crippen molar-refractivity contribution in [1.82, 2.24) is 3.97 Å². The maximum atomic E-state index is 13.5. The van der Waals surface area contributed by atoms with E-state index >= 15 is 0 Å². The molecule has 2 aromatic carbocycles. The number of rotatable bonds is 4. The molecule has 136 valence electrons. The molecule has 0 aliphatic carbocycles. The Hall–Kier alpha value is -2.49. The predicted molar refractivity (Wildman–Crippen MR) is 95.0 cm³/mol. The molecule has 0 radical (unpaired) electrons. The van der Waals surface area contributed by atoms with Crippen molar-refractivity contribution in [3.05, 3.63) is 72.3 Å². The van der Waals surface area contributed by atoms with Gasteiger partial charge in [0.25, 0.3) is 10.0 Å². The fraction of sp³-hybridized carbons (Fsp3) is 0.0588. The van der Waals surface area contributed by atoms with Crippen LogP contribution in [0.4, 0.5) is 4.39 Å². The van der Waals surface area contributed by atoms with E-state index in [2.05, 4.69) is 0 Å². The van der Waals surface area contributed by atoms with Gasteiger partial charge < -0.3 is 0 Å². The topological polar surface area (TPSA) is 99.2 Å². The number of halogens is 1. The quantitative estimate of drug-likeness (QED) is 0.735. The fourth-order valence-electron chi connectivity index (χ4n) is 2.48. The van der Waals surface area contributed by atoms with E-state index in [4.69, 9.17) is 5.14 Å². The van der Waals surface area contributed by atoms with Crippen molar-refractivity contribution < 1.29 is 21.2 Å². The molecule has 0 bridgehead atoms. The summed E-state index contributed by atoms with van der Waals surface area (Å²) in [6.07, 6.45) is 2.04. The molecule has 3 rings (SSSR count). The van der Waals surface area contributed by atoms with Crippen molar-refractivity contribution in [3.8, 4) is 11.1 Å². The molecule has 26 heavy (non-hydrogen) atoms. The van der Waals surface area contributed by atoms with Crippen LogP contribution in [0.5, 0.6) is 0 Å². The summed E-state index contributed by atoms with van der Waals surface area (Å²) >= 11 is 0. The molecule has 1 aromatic heterocycles. The van der Waals surface area contributed by atoms with Crippen LogP contribution < -0.4 is 5.14 Å². The van der Waals surface area contributed by atoms with Crippen LogP contribution in [0.3, 0.4) is 0 Å². The highest BCUT2D eigenvalue weighted by Crippen LogP contribution is 2.30. The van der Waals surface area contributed by atoms with E-state index in [1.807, 2.05) is 6.92 Å². The monoisotopic (exact) mass is 394 g/mol. The number of nitrogens with zero attached hydrogens (tertiary/aromatic N) is 1. The Kier molecular flexibility index (Phi) is 4.47. The van der Waals surface area contributed by atoms with Gasteiger partial charge in [0.2, 0.25) is 10.0 Å². The maximum absolute atomic E-state index is 13.5. The van der Waals surface area contributed by atoms with Gasteiger partial charge in [-0.25, -0.2) is 30.3 Å². The van der Waals surface area contributed by atoms with E-state index in [1.165, 1.54) is 30.3 Å². The summed E-state index contributed by atoms with van der Waals surface area (Å²) in [5.74, 6) is -0.586. The zero-order valence-electron chi connectivity index (χ0n) is 13.6. The van der Waals surface area contributed by atoms with Crippen molar-refractivity contribution in [2.75, 3.05) is 0 Å². The number of primary sulfonamides is 1. The summed E-state index contributed by atoms with van der Waals surface area (Å²) in [5.41, 5.74) is 1.08. The predicted octanol–water partition coefficient (Wildman–Crippen LogP) is 2.49. The number of hydrogen-bond donors (Lipinski definition) is 1. The minimum Gasteiger partial charge on any atom is -0.247 e. The molecule has 0 saturated carbocycles. The molecule has 9 heteroatoms. The van der Waals surface area contributed by atoms with Gasteiger partial charge >= 0.3 is 0 Å². The molecule has 0 atom stereocenters. The van der Waals surface area contributed by atoms with Gasteiger partial charge in [-0.3, -0.25) is 0 Å². The summed E-state index contributed by atoms with van der Waals surface area (Å²) in [7, 11) is -8.26. The van der Waals surface area contributed by atoms with Gasteiger partial charge in [-0.05, 0) is 36.8 Å². The Balaban J connectivity index is 2.23. The van der Waals surface area contributed by atoms with Gasteiger partial charge in [-0.1, -0.05) is 29.8 Å². The van der Waals surface area contributed by atoms with Crippen LogP contribution in [0.1, 0.15) is 5.56 Å². The number of aromatic nitrogens is 1. The van der Waals surface area contributed by atoms with Gasteiger partial charge in [0.1, 0.15) is 10.7 Å². The number of sulfonamides is 1. The summed E-state index contributed by atoms with van der Waals surface area (Å²) < 4.78 is 63.7. The highest BCUT2D eigenvalue weighted by molar-refractivity contribution is 7.90. The minimum absolute atomic E-state index is 0.00249. The lowest BCUT2D eigenvalue weighted by molar-refractivity contribution is 0.587. The van der Waals surface area contributed by atoms with Gasteiger partial charge in [0.05, 0.1) is 4.90 Å². The largest absolute Gasteiger partial charge is 0.267 e. The van der Waals surface area contributed by atoms with Crippen LogP contribution in [0.2, 0.25) is 0 Å². The van der Waals surface area contributed by atoms with Gasteiger partial charge in [-0.15, -0.1) is 0 Å². The zero-order chi connectivity index (χ0) is 19.1. The molecule has 6 nitrogen and oxygen atoms in total. The third kappa shape index (κ3) is 3.41. The molecule has 0 saturated heterocycles. The lowest BCUT2D eigenvalue weighted by atomic mass is 10.1. The Bertz CT molecular complexity index is 1180. The number of aryl methyl sites for hydroxylation is 1. The van der Waals surface area contributed by atoms with E-state index < -0.39 is 30.8 Å². The highest BCUT2D eigenvalue weighted by atomic mass is 32.2. The average molecular weight is 394 g/mol. The first-order valence-corrected chi connectivity index (χ1v) is 10.4. The highest BCUT2D eigenvalue weighted by Gasteiger charge is 2.24. The summed E-state index contributed by atoms with van der Waals surface area (Å²) in [6.45, 7) is 1.81. The Morgan fingerprint density at radius 1 is 0.962 bits per heavy atom. The standard InChI is InChI=1S/C17H15FN2O4S2/c1-12-5-7-15(8-6-12)26(23,24)20-10-16(17(11-20)25(19,21)22)13-3-2-4-14(18)9-13/h2-11H,1H3,(H2,19,21,22). The first-order valence-electron chi connectivity index (χ1n) is 7.42. The molecule has 2 N–H and O–H groups in total. The number of hydrogen-bond acceptors (Lipinski definition) is 4. The average Bonchev–Trinajstić information content (AvgIpc) is 3.02. The summed E-state index contributed by atoms with van der Waals surface area (Å²) in [5, 5.41) is 5.22. The molecular weight excluding hydrogens is 379 g/mol. The lowest BCUT2D eigenvalue weighted by Gasteiger charge is -2.05. The molecule has 0 fully saturated rings. The normalized spacial score (nSPS) is 12.3. The van der Waals surface area contributed by atoms with Crippen molar-refractivity contribution in [3.63, 3.8) is 0 Å². The third-order valence-corrected chi connectivity index (χ3v) is 6.38. The van der Waals surface area contributed by atoms with Crippen LogP contribution in [0.25, 0.3) is 11.1 Å². The van der Waals surface area contributed by atoms with E-state index in [-0.39, 0.29) is 16.0 Å². The van der Waals surface area contributed by atoms with Crippen molar-refractivity contribution in [2.45, 2.75) is 16.7 Å². The van der Waals surface area contributed by atoms with Crippen molar-refractivity contribution >= 4 is 20.0 Å². The SMILES string of the molecule is Cc1ccc(S(=O)(=O)n2cc(-c3cccc(F)c3)c(S(N)(=O)=O)c2)cc1. The van der Waals surface area contributed by atoms with Crippen LogP contribution >= 0.6 is 0 Å². The number of nitrogens with two attached hydrogens (primary N) is 1. The molecule has 0 amide bonds. The fourth-order valence-corrected chi connectivity index (χ4v) is 4.50. The van der Waals surface area contributed by atoms with Gasteiger partial charge in [0.15, 0.2) is 0 Å². The van der Waals surface area contributed by atoms with Crippen molar-refractivity contribution in [2.24, 2.45) is 5.14 Å². The van der Waals surface area contributed by atoms with E-state index in [1.54, 1.807) is 12.1 Å². The second-order valence-corrected chi connectivity index (χ2v) is 9.11. The van der Waals surface area contributed by atoms with Crippen molar-refractivity contribution in [1.29, 1.82) is 0 Å². The minimum atomic E-state index is -4.23. The first-order chi connectivity index (χ1) is 12.1. The molecule has 3 aromatic rings. The molecule has 0 aliphatic rings. The van der Waals surface area contributed by atoms with Crippen LogP contribution in [-0.4, -0.2) is 20.8 Å². The Labute approximate surface area is 150 Å². The third-order valence-electron chi connectivity index (χ3n) is 3.80. The number of benzene rings is 2. The van der Waals surface area contributed by atoms with E-state index in [0.29, 0.717) is 0 Å². The molecule has 0 aliphatic heterocycles. The second-order valence-electron chi connectivity index (χ2n) is 5.74. The molecule has 0 spiro atoms. The molecule has 1 heterocycles. The van der Waals surface area contributed by atoms with Crippen LogP contribution in [0.15, 0.2) is 70.7 Å². The Morgan fingerprint density at radius 3 is 2.19 bits per heavy atom. The lowest BCUT2D eigenvalue weighted by Crippen LogP contribution is -2.13. The van der Waals surface area contributed by atoms with E-state index in [0.717, 1.165) is 28.0 Å². The van der Waals surface area contributed by atoms with Crippen LogP contribution in [-0.2, 0) is 20.0 Å². The first kappa shape index (κ1) is 18.3. The molecular formula is C17H15FN2O4S2. The Morgan fingerprint density at radius 2 is 1.62 bits per heavy atom. The second kappa shape index (κ2) is 6.35.